The summed E-state index contributed by atoms with van der Waals surface area (Å²) in [7, 11) is -2.16. The van der Waals surface area contributed by atoms with E-state index in [-0.39, 0.29) is 0 Å². The zero-order valence-corrected chi connectivity index (χ0v) is 10.2. The molecule has 0 fully saturated rings. The number of nitriles is 1. The summed E-state index contributed by atoms with van der Waals surface area (Å²) in [6, 6.07) is 4.47. The van der Waals surface area contributed by atoms with Crippen LogP contribution in [0.2, 0.25) is 18.1 Å². The zero-order valence-electron chi connectivity index (χ0n) is 9.21. The Labute approximate surface area is 87.8 Å². The van der Waals surface area contributed by atoms with E-state index < -0.39 is 8.32 Å². The fourth-order valence-corrected chi connectivity index (χ4v) is 3.32. The van der Waals surface area contributed by atoms with Crippen LogP contribution in [0.25, 0.3) is 0 Å². The van der Waals surface area contributed by atoms with Gasteiger partial charge < -0.3 is 4.74 Å². The van der Waals surface area contributed by atoms with Crippen LogP contribution in [-0.2, 0) is 9.53 Å². The third-order valence-corrected chi connectivity index (χ3v) is 6.41. The van der Waals surface area contributed by atoms with Crippen LogP contribution in [0.1, 0.15) is 26.7 Å². The van der Waals surface area contributed by atoms with E-state index in [0.717, 1.165) is 24.6 Å². The van der Waals surface area contributed by atoms with Gasteiger partial charge in [0.1, 0.15) is 0 Å². The van der Waals surface area contributed by atoms with E-state index in [1.165, 1.54) is 0 Å². The fraction of sp³-hybridized carbons (Fsp3) is 0.900. The van der Waals surface area contributed by atoms with Crippen LogP contribution in [0, 0.1) is 11.3 Å². The molecule has 0 N–H and O–H groups in total. The van der Waals surface area contributed by atoms with Gasteiger partial charge in [-0.25, -0.2) is 0 Å². The van der Waals surface area contributed by atoms with Crippen LogP contribution in [-0.4, -0.2) is 21.5 Å². The van der Waals surface area contributed by atoms with Crippen LogP contribution in [0.15, 0.2) is 0 Å². The lowest BCUT2D eigenvalue weighted by Gasteiger charge is -2.18. The molecule has 0 amide bonds. The molecule has 0 aromatic heterocycles. The minimum absolute atomic E-state index is 0.446. The van der Waals surface area contributed by atoms with Gasteiger partial charge in [-0.1, -0.05) is 13.8 Å². The molecule has 81 valence electrons. The number of ether oxygens (including phenoxy) is 1. The lowest BCUT2D eigenvalue weighted by molar-refractivity contribution is 0.139. The molecule has 0 aromatic rings. The summed E-state index contributed by atoms with van der Waals surface area (Å²) in [5, 5.41) is 8.26. The van der Waals surface area contributed by atoms with Crippen LogP contribution in [0.3, 0.4) is 0 Å². The lowest BCUT2D eigenvalue weighted by Crippen LogP contribution is -2.30. The van der Waals surface area contributed by atoms with E-state index in [4.69, 9.17) is 10.00 Å². The van der Waals surface area contributed by atoms with E-state index in [2.05, 4.69) is 0 Å². The molecule has 0 bridgehead atoms. The molecular formula is C10H20NO2Si. The molecule has 3 nitrogen and oxygen atoms in total. The van der Waals surface area contributed by atoms with Gasteiger partial charge in [-0.15, -0.1) is 0 Å². The Morgan fingerprint density at radius 3 is 2.43 bits per heavy atom. The summed E-state index contributed by atoms with van der Waals surface area (Å²) in [5.41, 5.74) is 0. The van der Waals surface area contributed by atoms with Crippen molar-refractivity contribution in [2.45, 2.75) is 44.8 Å². The Kier molecular flexibility index (Phi) is 7.77. The minimum atomic E-state index is -2.16. The van der Waals surface area contributed by atoms with E-state index >= 15 is 0 Å². The van der Waals surface area contributed by atoms with Gasteiger partial charge in [0, 0.05) is 6.61 Å². The van der Waals surface area contributed by atoms with Crippen molar-refractivity contribution < 1.29 is 9.53 Å². The first-order valence-corrected chi connectivity index (χ1v) is 7.86. The van der Waals surface area contributed by atoms with Crippen molar-refractivity contribution >= 4 is 8.32 Å². The molecule has 0 rings (SSSR count). The van der Waals surface area contributed by atoms with Gasteiger partial charge in [-0.05, 0) is 24.6 Å². The largest absolute Gasteiger partial charge is 0.380 e. The Hall–Kier alpha value is -0.373. The van der Waals surface area contributed by atoms with Gasteiger partial charge in [0.2, 0.25) is 8.32 Å². The quantitative estimate of drug-likeness (QED) is 0.461. The van der Waals surface area contributed by atoms with Crippen molar-refractivity contribution in [3.63, 3.8) is 0 Å². The van der Waals surface area contributed by atoms with Crippen molar-refractivity contribution in [3.8, 4) is 6.07 Å². The van der Waals surface area contributed by atoms with Gasteiger partial charge in [-0.3, -0.25) is 4.80 Å². The zero-order chi connectivity index (χ0) is 10.9. The second-order valence-corrected chi connectivity index (χ2v) is 7.79. The first kappa shape index (κ1) is 13.6. The van der Waals surface area contributed by atoms with Crippen LogP contribution in [0.4, 0.5) is 0 Å². The maximum absolute atomic E-state index is 12.0. The number of nitrogens with zero attached hydrogens (tertiary/aromatic N) is 1. The third kappa shape index (κ3) is 6.14. The molecule has 4 heteroatoms. The predicted octanol–water partition coefficient (Wildman–Crippen LogP) is 2.72. The van der Waals surface area contributed by atoms with E-state index in [1.807, 2.05) is 19.9 Å². The Balaban J connectivity index is 3.39. The molecule has 1 radical (unpaired) electrons. The second kappa shape index (κ2) is 7.98. The highest BCUT2D eigenvalue weighted by molar-refractivity contribution is 6.72. The normalized spacial score (nSPS) is 11.3. The highest BCUT2D eigenvalue weighted by atomic mass is 28.4. The topological polar surface area (TPSA) is 52.9 Å². The van der Waals surface area contributed by atoms with Crippen molar-refractivity contribution in [3.05, 3.63) is 0 Å². The van der Waals surface area contributed by atoms with Crippen LogP contribution in [0.5, 0.6) is 0 Å². The minimum Gasteiger partial charge on any atom is -0.380 e. The predicted molar refractivity (Wildman–Crippen MR) is 57.9 cm³/mol. The van der Waals surface area contributed by atoms with Gasteiger partial charge >= 0.3 is 0 Å². The maximum Gasteiger partial charge on any atom is 0.237 e. The van der Waals surface area contributed by atoms with Gasteiger partial charge in [0.25, 0.3) is 0 Å². The summed E-state index contributed by atoms with van der Waals surface area (Å²) in [6.07, 6.45) is 1.31. The molecule has 0 aliphatic rings. The number of rotatable bonds is 8. The maximum atomic E-state index is 12.0. The van der Waals surface area contributed by atoms with E-state index in [9.17, 15) is 4.80 Å². The molecule has 0 atom stereocenters. The standard InChI is InChI=1S/C10H20NO2Si/c1-3-14(12,4-2)10-6-9-13-8-5-7-11/h3-6,8-10H2,1-2H3. The molecule has 0 saturated heterocycles. The molecule has 0 aliphatic carbocycles. The first-order chi connectivity index (χ1) is 6.68. The Morgan fingerprint density at radius 1 is 1.29 bits per heavy atom. The monoisotopic (exact) mass is 214 g/mol. The van der Waals surface area contributed by atoms with Crippen LogP contribution >= 0.6 is 0 Å². The number of hydrogen-bond donors (Lipinski definition) is 0. The Bertz CT molecular complexity index is 175. The van der Waals surface area contributed by atoms with Crippen LogP contribution < -0.4 is 0 Å². The van der Waals surface area contributed by atoms with Gasteiger partial charge in [-0.2, -0.15) is 5.26 Å². The lowest BCUT2D eigenvalue weighted by atomic mass is 10.5. The van der Waals surface area contributed by atoms with Gasteiger partial charge in [0.15, 0.2) is 0 Å². The number of hydrogen-bond acceptors (Lipinski definition) is 2. The molecule has 14 heavy (non-hydrogen) atoms. The first-order valence-electron chi connectivity index (χ1n) is 5.33. The third-order valence-electron chi connectivity index (χ3n) is 2.57. The Morgan fingerprint density at radius 2 is 1.93 bits per heavy atom. The highest BCUT2D eigenvalue weighted by Gasteiger charge is 2.28. The molecule has 0 aromatic carbocycles. The summed E-state index contributed by atoms with van der Waals surface area (Å²) in [5.74, 6) is 0. The summed E-state index contributed by atoms with van der Waals surface area (Å²) in [6.45, 7) is 5.14. The molecule has 0 heterocycles. The van der Waals surface area contributed by atoms with Crippen molar-refractivity contribution in [1.82, 2.24) is 0 Å². The van der Waals surface area contributed by atoms with E-state index in [0.29, 0.717) is 19.6 Å². The smallest absolute Gasteiger partial charge is 0.237 e. The van der Waals surface area contributed by atoms with Crippen molar-refractivity contribution in [2.75, 3.05) is 13.2 Å². The summed E-state index contributed by atoms with van der Waals surface area (Å²) in [4.78, 5) is 12.0. The molecular weight excluding hydrogens is 194 g/mol. The summed E-state index contributed by atoms with van der Waals surface area (Å²) < 4.78 is 5.22. The summed E-state index contributed by atoms with van der Waals surface area (Å²) >= 11 is 0. The second-order valence-electron chi connectivity index (χ2n) is 3.51. The van der Waals surface area contributed by atoms with Crippen molar-refractivity contribution in [2.24, 2.45) is 0 Å². The average Bonchev–Trinajstić information content (AvgIpc) is 2.23. The molecule has 0 aliphatic heterocycles. The molecule has 0 spiro atoms. The van der Waals surface area contributed by atoms with Gasteiger partial charge in [0.05, 0.1) is 19.1 Å². The highest BCUT2D eigenvalue weighted by Crippen LogP contribution is 2.19. The molecule has 0 saturated carbocycles. The fourth-order valence-electron chi connectivity index (χ4n) is 1.32. The average molecular weight is 214 g/mol. The van der Waals surface area contributed by atoms with Crippen molar-refractivity contribution in [1.29, 1.82) is 5.26 Å². The molecule has 0 unspecified atom stereocenters. The SMILES string of the molecule is CC[Si]([O])(CC)CCCOCCC#N. The van der Waals surface area contributed by atoms with E-state index in [1.54, 1.807) is 0 Å².